The number of hydrogen-bond acceptors (Lipinski definition) is 4. The van der Waals surface area contributed by atoms with Crippen LogP contribution in [0.1, 0.15) is 5.56 Å². The maximum atomic E-state index is 5.94. The van der Waals surface area contributed by atoms with Gasteiger partial charge in [-0.3, -0.25) is 0 Å². The molecule has 96 valence electrons. The number of halogens is 1. The van der Waals surface area contributed by atoms with Crippen LogP contribution in [0, 0.1) is 0 Å². The zero-order chi connectivity index (χ0) is 12.7. The Kier molecular flexibility index (Phi) is 6.29. The van der Waals surface area contributed by atoms with E-state index in [1.807, 2.05) is 12.1 Å². The summed E-state index contributed by atoms with van der Waals surface area (Å²) in [4.78, 5) is 0. The molecule has 4 nitrogen and oxygen atoms in total. The molecular formula is C12H18ClNO3. The van der Waals surface area contributed by atoms with Gasteiger partial charge in [0.1, 0.15) is 5.75 Å². The third-order valence-corrected chi connectivity index (χ3v) is 2.63. The first-order chi connectivity index (χ1) is 8.21. The highest BCUT2D eigenvalue weighted by atomic mass is 35.5. The monoisotopic (exact) mass is 259 g/mol. The van der Waals surface area contributed by atoms with Gasteiger partial charge in [-0.25, -0.2) is 0 Å². The van der Waals surface area contributed by atoms with Crippen LogP contribution in [0.2, 0.25) is 5.02 Å². The Bertz CT molecular complexity index is 343. The molecule has 0 saturated carbocycles. The van der Waals surface area contributed by atoms with Crippen molar-refractivity contribution in [2.75, 3.05) is 27.9 Å². The van der Waals surface area contributed by atoms with Crippen molar-refractivity contribution in [2.24, 2.45) is 0 Å². The summed E-state index contributed by atoms with van der Waals surface area (Å²) in [6.07, 6.45) is -0.250. The molecule has 0 saturated heterocycles. The lowest BCUT2D eigenvalue weighted by molar-refractivity contribution is -0.0989. The molecule has 0 heterocycles. The Morgan fingerprint density at radius 1 is 1.24 bits per heavy atom. The second-order valence-corrected chi connectivity index (χ2v) is 3.92. The Morgan fingerprint density at radius 2 is 1.94 bits per heavy atom. The molecule has 0 amide bonds. The molecule has 1 rings (SSSR count). The van der Waals surface area contributed by atoms with E-state index in [9.17, 15) is 0 Å². The van der Waals surface area contributed by atoms with E-state index < -0.39 is 0 Å². The summed E-state index contributed by atoms with van der Waals surface area (Å²) < 4.78 is 15.4. The fourth-order valence-corrected chi connectivity index (χ4v) is 1.67. The lowest BCUT2D eigenvalue weighted by atomic mass is 10.2. The van der Waals surface area contributed by atoms with Crippen molar-refractivity contribution in [3.63, 3.8) is 0 Å². The van der Waals surface area contributed by atoms with Crippen molar-refractivity contribution in [1.29, 1.82) is 0 Å². The fourth-order valence-electron chi connectivity index (χ4n) is 1.47. The standard InChI is InChI=1S/C12H18ClNO3/c1-15-11-5-4-10(13)6-9(11)7-14-8-12(16-2)17-3/h4-6,12,14H,7-8H2,1-3H3. The normalized spacial score (nSPS) is 10.9. The molecule has 5 heteroatoms. The third kappa shape index (κ3) is 4.52. The van der Waals surface area contributed by atoms with Crippen molar-refractivity contribution < 1.29 is 14.2 Å². The largest absolute Gasteiger partial charge is 0.496 e. The molecule has 17 heavy (non-hydrogen) atoms. The first-order valence-corrected chi connectivity index (χ1v) is 5.67. The predicted molar refractivity (Wildman–Crippen MR) is 67.5 cm³/mol. The lowest BCUT2D eigenvalue weighted by Crippen LogP contribution is -2.29. The summed E-state index contributed by atoms with van der Waals surface area (Å²) in [5, 5.41) is 3.91. The maximum Gasteiger partial charge on any atom is 0.169 e. The summed E-state index contributed by atoms with van der Waals surface area (Å²) in [7, 11) is 4.85. The minimum absolute atomic E-state index is 0.250. The van der Waals surface area contributed by atoms with E-state index in [0.29, 0.717) is 18.1 Å². The molecule has 0 aromatic heterocycles. The minimum Gasteiger partial charge on any atom is -0.496 e. The Balaban J connectivity index is 2.53. The van der Waals surface area contributed by atoms with Crippen molar-refractivity contribution in [3.05, 3.63) is 28.8 Å². The quantitative estimate of drug-likeness (QED) is 0.761. The first kappa shape index (κ1) is 14.3. The SMILES string of the molecule is COc1ccc(Cl)cc1CNCC(OC)OC. The van der Waals surface area contributed by atoms with E-state index in [1.165, 1.54) is 0 Å². The number of benzene rings is 1. The van der Waals surface area contributed by atoms with Gasteiger partial charge < -0.3 is 19.5 Å². The molecule has 0 aliphatic heterocycles. The van der Waals surface area contributed by atoms with Gasteiger partial charge in [0.15, 0.2) is 6.29 Å². The Hall–Kier alpha value is -0.810. The molecular weight excluding hydrogens is 242 g/mol. The first-order valence-electron chi connectivity index (χ1n) is 5.30. The van der Waals surface area contributed by atoms with Gasteiger partial charge in [0, 0.05) is 37.9 Å². The van der Waals surface area contributed by atoms with Crippen molar-refractivity contribution in [2.45, 2.75) is 12.8 Å². The Labute approximate surface area is 107 Å². The summed E-state index contributed by atoms with van der Waals surface area (Å²) in [6.45, 7) is 1.25. The van der Waals surface area contributed by atoms with Gasteiger partial charge in [0.25, 0.3) is 0 Å². The number of methoxy groups -OCH3 is 3. The van der Waals surface area contributed by atoms with Crippen LogP contribution in [0.5, 0.6) is 5.75 Å². The van der Waals surface area contributed by atoms with Gasteiger partial charge in [0.2, 0.25) is 0 Å². The number of nitrogens with one attached hydrogen (secondary N) is 1. The highest BCUT2D eigenvalue weighted by Gasteiger charge is 2.06. The molecule has 0 radical (unpaired) electrons. The summed E-state index contributed by atoms with van der Waals surface area (Å²) in [6, 6.07) is 5.53. The summed E-state index contributed by atoms with van der Waals surface area (Å²) in [5.41, 5.74) is 1.01. The van der Waals surface area contributed by atoms with Crippen molar-refractivity contribution in [3.8, 4) is 5.75 Å². The molecule has 1 aromatic carbocycles. The highest BCUT2D eigenvalue weighted by molar-refractivity contribution is 6.30. The molecule has 0 spiro atoms. The van der Waals surface area contributed by atoms with E-state index in [0.717, 1.165) is 11.3 Å². The second-order valence-electron chi connectivity index (χ2n) is 3.49. The van der Waals surface area contributed by atoms with Crippen molar-refractivity contribution >= 4 is 11.6 Å². The molecule has 0 fully saturated rings. The maximum absolute atomic E-state index is 5.94. The average molecular weight is 260 g/mol. The number of rotatable bonds is 7. The van der Waals surface area contributed by atoms with Crippen LogP contribution in [0.3, 0.4) is 0 Å². The summed E-state index contributed by atoms with van der Waals surface area (Å²) in [5.74, 6) is 0.813. The van der Waals surface area contributed by atoms with Gasteiger partial charge in [-0.05, 0) is 18.2 Å². The fraction of sp³-hybridized carbons (Fsp3) is 0.500. The van der Waals surface area contributed by atoms with Crippen LogP contribution in [-0.2, 0) is 16.0 Å². The topological polar surface area (TPSA) is 39.7 Å². The van der Waals surface area contributed by atoms with Gasteiger partial charge in [0.05, 0.1) is 7.11 Å². The van der Waals surface area contributed by atoms with Crippen LogP contribution < -0.4 is 10.1 Å². The minimum atomic E-state index is -0.250. The van der Waals surface area contributed by atoms with Gasteiger partial charge in [-0.1, -0.05) is 11.6 Å². The van der Waals surface area contributed by atoms with Gasteiger partial charge >= 0.3 is 0 Å². The van der Waals surface area contributed by atoms with Gasteiger partial charge in [-0.15, -0.1) is 0 Å². The molecule has 0 atom stereocenters. The van der Waals surface area contributed by atoms with E-state index in [1.54, 1.807) is 27.4 Å². The lowest BCUT2D eigenvalue weighted by Gasteiger charge is -2.15. The van der Waals surface area contributed by atoms with E-state index in [4.69, 9.17) is 25.8 Å². The third-order valence-electron chi connectivity index (χ3n) is 2.39. The molecule has 0 unspecified atom stereocenters. The van der Waals surface area contributed by atoms with Crippen molar-refractivity contribution in [1.82, 2.24) is 5.32 Å². The number of ether oxygens (including phenoxy) is 3. The molecule has 0 aliphatic rings. The van der Waals surface area contributed by atoms with Crippen LogP contribution in [0.15, 0.2) is 18.2 Å². The zero-order valence-electron chi connectivity index (χ0n) is 10.3. The predicted octanol–water partition coefficient (Wildman–Crippen LogP) is 2.06. The average Bonchev–Trinajstić information content (AvgIpc) is 2.35. The summed E-state index contributed by atoms with van der Waals surface area (Å²) >= 11 is 5.94. The van der Waals surface area contributed by atoms with E-state index >= 15 is 0 Å². The molecule has 0 bridgehead atoms. The highest BCUT2D eigenvalue weighted by Crippen LogP contribution is 2.22. The Morgan fingerprint density at radius 3 is 2.53 bits per heavy atom. The van der Waals surface area contributed by atoms with Crippen LogP contribution in [0.4, 0.5) is 0 Å². The number of hydrogen-bond donors (Lipinski definition) is 1. The van der Waals surface area contributed by atoms with Gasteiger partial charge in [-0.2, -0.15) is 0 Å². The van der Waals surface area contributed by atoms with E-state index in [-0.39, 0.29) is 6.29 Å². The van der Waals surface area contributed by atoms with Crippen LogP contribution in [-0.4, -0.2) is 34.2 Å². The van der Waals surface area contributed by atoms with E-state index in [2.05, 4.69) is 5.32 Å². The molecule has 1 aromatic rings. The smallest absolute Gasteiger partial charge is 0.169 e. The molecule has 1 N–H and O–H groups in total. The zero-order valence-corrected chi connectivity index (χ0v) is 11.1. The molecule has 0 aliphatic carbocycles. The van der Waals surface area contributed by atoms with Crippen LogP contribution >= 0.6 is 11.6 Å². The van der Waals surface area contributed by atoms with Crippen LogP contribution in [0.25, 0.3) is 0 Å². The second kappa shape index (κ2) is 7.50.